The first kappa shape index (κ1) is 15.9. The highest BCUT2D eigenvalue weighted by molar-refractivity contribution is 8.02. The third-order valence-corrected chi connectivity index (χ3v) is 7.16. The van der Waals surface area contributed by atoms with Crippen molar-refractivity contribution in [3.05, 3.63) is 22.5 Å². The molecule has 3 heterocycles. The van der Waals surface area contributed by atoms with Crippen LogP contribution in [0.5, 0.6) is 0 Å². The molecule has 6 nitrogen and oxygen atoms in total. The van der Waals surface area contributed by atoms with Gasteiger partial charge < -0.3 is 10.2 Å². The lowest BCUT2D eigenvalue weighted by molar-refractivity contribution is -0.159. The monoisotopic (exact) mass is 358 g/mol. The number of amides is 1. The molecule has 2 aliphatic heterocycles. The van der Waals surface area contributed by atoms with Crippen LogP contribution in [0.15, 0.2) is 21.0 Å². The summed E-state index contributed by atoms with van der Waals surface area (Å²) in [4.78, 5) is 28.8. The van der Waals surface area contributed by atoms with Crippen LogP contribution in [0.1, 0.15) is 12.6 Å². The quantitative estimate of drug-likeness (QED) is 0.607. The normalized spacial score (nSPS) is 24.3. The molecule has 0 aromatic carbocycles. The number of hydrogen-bond donors (Lipinski definition) is 2. The van der Waals surface area contributed by atoms with Gasteiger partial charge in [-0.1, -0.05) is 6.92 Å². The number of β-lactam (4-membered cyclic amide) rings is 1. The van der Waals surface area contributed by atoms with Crippen molar-refractivity contribution in [3.8, 4) is 0 Å². The van der Waals surface area contributed by atoms with E-state index >= 15 is 0 Å². The van der Waals surface area contributed by atoms with Gasteiger partial charge in [-0.25, -0.2) is 9.78 Å². The van der Waals surface area contributed by atoms with E-state index in [1.807, 2.05) is 6.92 Å². The van der Waals surface area contributed by atoms with Crippen molar-refractivity contribution in [2.75, 3.05) is 11.5 Å². The van der Waals surface area contributed by atoms with Crippen molar-refractivity contribution in [3.63, 3.8) is 0 Å². The molecule has 1 fully saturated rings. The topological polar surface area (TPSA) is 90.7 Å². The molecule has 22 heavy (non-hydrogen) atoms. The summed E-state index contributed by atoms with van der Waals surface area (Å²) in [6.45, 7) is 2.03. The van der Waals surface area contributed by atoms with Crippen LogP contribution < -0.4 is 0 Å². The highest BCUT2D eigenvalue weighted by Gasteiger charge is 2.52. The number of nitrogens with zero attached hydrogens (tertiary/aromatic N) is 2. The fraction of sp³-hybridized carbons (Fsp3) is 0.462. The van der Waals surface area contributed by atoms with Gasteiger partial charge in [-0.15, -0.1) is 34.9 Å². The molecule has 0 spiro atoms. The number of rotatable bonds is 5. The molecule has 2 atom stereocenters. The minimum absolute atomic E-state index is 0.0362. The van der Waals surface area contributed by atoms with Gasteiger partial charge in [-0.05, 0) is 12.0 Å². The number of carboxylic acid groups (broad SMARTS) is 1. The van der Waals surface area contributed by atoms with Gasteiger partial charge in [0.2, 0.25) is 0 Å². The Kier molecular flexibility index (Phi) is 4.49. The average Bonchev–Trinajstić information content (AvgIpc) is 2.98. The second kappa shape index (κ2) is 6.23. The van der Waals surface area contributed by atoms with Crippen LogP contribution in [0.3, 0.4) is 0 Å². The molecule has 1 aromatic rings. The Morgan fingerprint density at radius 3 is 3.05 bits per heavy atom. The van der Waals surface area contributed by atoms with E-state index in [2.05, 4.69) is 4.98 Å². The summed E-state index contributed by atoms with van der Waals surface area (Å²) in [6.07, 6.45) is -0.244. The molecule has 0 bridgehead atoms. The van der Waals surface area contributed by atoms with E-state index in [1.54, 1.807) is 28.6 Å². The number of carboxylic acids is 1. The maximum Gasteiger partial charge on any atom is 0.352 e. The maximum absolute atomic E-state index is 11.7. The van der Waals surface area contributed by atoms with Crippen LogP contribution >= 0.6 is 34.9 Å². The fourth-order valence-corrected chi connectivity index (χ4v) is 5.90. The first-order valence-corrected chi connectivity index (χ1v) is 9.59. The SMILES string of the molecule is CCc1ncsc1SCC1=C(C(=O)O)N2C(=O)[C@@H](O)[C@H]2SC1. The van der Waals surface area contributed by atoms with Crippen molar-refractivity contribution >= 4 is 46.7 Å². The highest BCUT2D eigenvalue weighted by atomic mass is 32.2. The second-order valence-electron chi connectivity index (χ2n) is 4.84. The molecule has 1 saturated heterocycles. The molecule has 0 radical (unpaired) electrons. The smallest absolute Gasteiger partial charge is 0.352 e. The first-order chi connectivity index (χ1) is 10.5. The van der Waals surface area contributed by atoms with Crippen molar-refractivity contribution in [2.45, 2.75) is 29.0 Å². The number of thioether (sulfide) groups is 2. The number of aliphatic carboxylic acids is 1. The molecule has 9 heteroatoms. The number of aryl methyl sites for hydroxylation is 1. The van der Waals surface area contributed by atoms with Crippen LogP contribution in [0.4, 0.5) is 0 Å². The molecule has 2 aliphatic rings. The lowest BCUT2D eigenvalue weighted by Gasteiger charge is -2.47. The summed E-state index contributed by atoms with van der Waals surface area (Å²) >= 11 is 4.51. The molecule has 2 N–H and O–H groups in total. The van der Waals surface area contributed by atoms with E-state index in [4.69, 9.17) is 0 Å². The van der Waals surface area contributed by atoms with E-state index in [0.717, 1.165) is 21.9 Å². The summed E-state index contributed by atoms with van der Waals surface area (Å²) in [5, 5.41) is 18.6. The third kappa shape index (κ3) is 2.55. The maximum atomic E-state index is 11.7. The molecule has 118 valence electrons. The van der Waals surface area contributed by atoms with Crippen molar-refractivity contribution in [1.82, 2.24) is 9.88 Å². The van der Waals surface area contributed by atoms with Gasteiger partial charge in [0.1, 0.15) is 11.1 Å². The van der Waals surface area contributed by atoms with Crippen LogP contribution in [0, 0.1) is 0 Å². The van der Waals surface area contributed by atoms with Crippen LogP contribution in [0.25, 0.3) is 0 Å². The highest BCUT2D eigenvalue weighted by Crippen LogP contribution is 2.42. The minimum atomic E-state index is -1.11. The van der Waals surface area contributed by atoms with Gasteiger partial charge in [0, 0.05) is 11.5 Å². The van der Waals surface area contributed by atoms with Gasteiger partial charge in [0.05, 0.1) is 15.4 Å². The molecular weight excluding hydrogens is 344 g/mol. The standard InChI is InChI=1S/C13H14N2O4S3/c1-2-7-13(22-5-14-7)21-4-6-3-20-11-9(16)10(17)15(11)8(6)12(18)19/h5,9,11,16H,2-4H2,1H3,(H,18,19)/t9-,11-/m1/s1. The number of carbonyl (C=O) groups is 2. The summed E-state index contributed by atoms with van der Waals surface area (Å²) in [7, 11) is 0. The largest absolute Gasteiger partial charge is 0.477 e. The fourth-order valence-electron chi connectivity index (χ4n) is 2.41. The second-order valence-corrected chi connectivity index (χ2v) is 8.04. The van der Waals surface area contributed by atoms with E-state index in [9.17, 15) is 19.8 Å². The van der Waals surface area contributed by atoms with Crippen molar-refractivity contribution in [2.24, 2.45) is 0 Å². The van der Waals surface area contributed by atoms with Gasteiger partial charge in [0.25, 0.3) is 5.91 Å². The molecule has 3 rings (SSSR count). The van der Waals surface area contributed by atoms with E-state index in [1.165, 1.54) is 16.7 Å². The molecule has 0 saturated carbocycles. The Bertz CT molecular complexity index is 657. The molecule has 0 aliphatic carbocycles. The van der Waals surface area contributed by atoms with Crippen LogP contribution in [0.2, 0.25) is 0 Å². The number of thiazole rings is 1. The number of aromatic nitrogens is 1. The number of aliphatic hydroxyl groups is 1. The predicted octanol–water partition coefficient (Wildman–Crippen LogP) is 1.41. The minimum Gasteiger partial charge on any atom is -0.477 e. The molecule has 1 aromatic heterocycles. The zero-order valence-electron chi connectivity index (χ0n) is 11.7. The Morgan fingerprint density at radius 2 is 2.36 bits per heavy atom. The zero-order chi connectivity index (χ0) is 15.9. The van der Waals surface area contributed by atoms with Crippen LogP contribution in [-0.2, 0) is 16.0 Å². The van der Waals surface area contributed by atoms with Crippen LogP contribution in [-0.4, -0.2) is 55.0 Å². The van der Waals surface area contributed by atoms with Crippen molar-refractivity contribution < 1.29 is 19.8 Å². The summed E-state index contributed by atoms with van der Waals surface area (Å²) in [6, 6.07) is 0. The van der Waals surface area contributed by atoms with Gasteiger partial charge >= 0.3 is 5.97 Å². The Hall–Kier alpha value is -1.03. The number of carbonyl (C=O) groups excluding carboxylic acids is 1. The summed E-state index contributed by atoms with van der Waals surface area (Å²) in [5.41, 5.74) is 3.56. The number of hydrogen-bond acceptors (Lipinski definition) is 7. The van der Waals surface area contributed by atoms with Gasteiger partial charge in [-0.2, -0.15) is 0 Å². The Morgan fingerprint density at radius 1 is 1.59 bits per heavy atom. The molecular formula is C13H14N2O4S3. The van der Waals surface area contributed by atoms with Crippen molar-refractivity contribution in [1.29, 1.82) is 0 Å². The van der Waals surface area contributed by atoms with Gasteiger partial charge in [-0.3, -0.25) is 9.69 Å². The molecule has 0 unspecified atom stereocenters. The molecule has 1 amide bonds. The summed E-state index contributed by atoms with van der Waals surface area (Å²) < 4.78 is 1.09. The van der Waals surface area contributed by atoms with Gasteiger partial charge in [0.15, 0.2) is 6.10 Å². The lowest BCUT2D eigenvalue weighted by Crippen LogP contribution is -2.64. The number of fused-ring (bicyclic) bond motifs is 1. The average molecular weight is 358 g/mol. The van der Waals surface area contributed by atoms with E-state index < -0.39 is 23.4 Å². The lowest BCUT2D eigenvalue weighted by atomic mass is 10.1. The summed E-state index contributed by atoms with van der Waals surface area (Å²) in [5.74, 6) is -0.609. The predicted molar refractivity (Wildman–Crippen MR) is 86.0 cm³/mol. The van der Waals surface area contributed by atoms with E-state index in [-0.39, 0.29) is 5.70 Å². The Labute approximate surface area is 139 Å². The zero-order valence-corrected chi connectivity index (χ0v) is 14.1. The van der Waals surface area contributed by atoms with E-state index in [0.29, 0.717) is 11.5 Å². The first-order valence-electron chi connectivity index (χ1n) is 6.67. The third-order valence-electron chi connectivity index (χ3n) is 3.54. The number of aliphatic hydroxyl groups excluding tert-OH is 1. The Balaban J connectivity index is 1.81.